The number of nitrogen functional groups attached to an aromatic ring is 1. The van der Waals surface area contributed by atoms with Gasteiger partial charge in [-0.1, -0.05) is 13.8 Å². The van der Waals surface area contributed by atoms with Crippen LogP contribution in [0.3, 0.4) is 0 Å². The number of rotatable bonds is 7. The summed E-state index contributed by atoms with van der Waals surface area (Å²) in [6, 6.07) is 1.44. The van der Waals surface area contributed by atoms with Gasteiger partial charge < -0.3 is 20.9 Å². The second-order valence-corrected chi connectivity index (χ2v) is 4.30. The first-order chi connectivity index (χ1) is 8.50. The largest absolute Gasteiger partial charge is 0.475 e. The lowest BCUT2D eigenvalue weighted by Crippen LogP contribution is -2.16. The summed E-state index contributed by atoms with van der Waals surface area (Å²) >= 11 is 0. The van der Waals surface area contributed by atoms with Crippen molar-refractivity contribution in [2.24, 2.45) is 11.7 Å². The van der Waals surface area contributed by atoms with Crippen LogP contribution in [0, 0.1) is 5.92 Å². The van der Waals surface area contributed by atoms with Gasteiger partial charge in [-0.05, 0) is 12.0 Å². The minimum Gasteiger partial charge on any atom is -0.475 e. The molecular formula is C12H19N3O3. The number of carbonyl (C=O) groups is 1. The molecule has 1 amide bonds. The number of hydrogen-bond donors (Lipinski definition) is 2. The Hall–Kier alpha value is -1.82. The Labute approximate surface area is 106 Å². The van der Waals surface area contributed by atoms with Crippen molar-refractivity contribution < 1.29 is 14.3 Å². The minimum absolute atomic E-state index is 0.179. The van der Waals surface area contributed by atoms with E-state index in [1.165, 1.54) is 12.3 Å². The summed E-state index contributed by atoms with van der Waals surface area (Å²) in [5, 5.41) is 0. The van der Waals surface area contributed by atoms with Gasteiger partial charge in [-0.3, -0.25) is 4.79 Å². The standard InChI is InChI=1S/C12H19N3O3/c1-8(2)7-17-3-4-18-12-10(11(14)16)5-9(13)6-15-12/h5-6,8H,3-4,7,13H2,1-2H3,(H2,14,16). The molecule has 0 radical (unpaired) electrons. The van der Waals surface area contributed by atoms with Gasteiger partial charge in [0, 0.05) is 6.61 Å². The normalized spacial score (nSPS) is 10.6. The van der Waals surface area contributed by atoms with Crippen molar-refractivity contribution in [3.8, 4) is 5.88 Å². The van der Waals surface area contributed by atoms with Gasteiger partial charge in [0.25, 0.3) is 5.91 Å². The topological polar surface area (TPSA) is 100 Å². The van der Waals surface area contributed by atoms with Gasteiger partial charge in [-0.15, -0.1) is 0 Å². The van der Waals surface area contributed by atoms with Crippen molar-refractivity contribution in [1.82, 2.24) is 4.98 Å². The van der Waals surface area contributed by atoms with E-state index in [4.69, 9.17) is 20.9 Å². The van der Waals surface area contributed by atoms with Gasteiger partial charge >= 0.3 is 0 Å². The summed E-state index contributed by atoms with van der Waals surface area (Å²) in [7, 11) is 0. The number of pyridine rings is 1. The highest BCUT2D eigenvalue weighted by atomic mass is 16.5. The lowest BCUT2D eigenvalue weighted by molar-refractivity contribution is 0.0796. The molecule has 0 saturated heterocycles. The Morgan fingerprint density at radius 3 is 2.78 bits per heavy atom. The van der Waals surface area contributed by atoms with Crippen LogP contribution in [0.4, 0.5) is 5.69 Å². The summed E-state index contributed by atoms with van der Waals surface area (Å²) in [6.07, 6.45) is 1.41. The van der Waals surface area contributed by atoms with Crippen molar-refractivity contribution in [3.63, 3.8) is 0 Å². The van der Waals surface area contributed by atoms with Gasteiger partial charge in [0.1, 0.15) is 12.2 Å². The number of nitrogens with two attached hydrogens (primary N) is 2. The molecule has 0 saturated carbocycles. The zero-order chi connectivity index (χ0) is 13.5. The number of nitrogens with zero attached hydrogens (tertiary/aromatic N) is 1. The first kappa shape index (κ1) is 14.2. The molecular weight excluding hydrogens is 234 g/mol. The molecule has 0 fully saturated rings. The third-order valence-corrected chi connectivity index (χ3v) is 2.06. The third-order valence-electron chi connectivity index (χ3n) is 2.06. The van der Waals surface area contributed by atoms with E-state index >= 15 is 0 Å². The fourth-order valence-electron chi connectivity index (χ4n) is 1.28. The van der Waals surface area contributed by atoms with E-state index in [1.807, 2.05) is 0 Å². The number of anilines is 1. The van der Waals surface area contributed by atoms with Gasteiger partial charge in [0.15, 0.2) is 0 Å². The molecule has 0 spiro atoms. The predicted molar refractivity (Wildman–Crippen MR) is 68.3 cm³/mol. The van der Waals surface area contributed by atoms with Crippen LogP contribution in [0.5, 0.6) is 5.88 Å². The smallest absolute Gasteiger partial charge is 0.254 e. The number of ether oxygens (including phenoxy) is 2. The van der Waals surface area contributed by atoms with Crippen molar-refractivity contribution in [3.05, 3.63) is 17.8 Å². The van der Waals surface area contributed by atoms with Crippen molar-refractivity contribution >= 4 is 11.6 Å². The molecule has 6 heteroatoms. The number of amides is 1. The number of aromatic nitrogens is 1. The maximum Gasteiger partial charge on any atom is 0.254 e. The summed E-state index contributed by atoms with van der Waals surface area (Å²) < 4.78 is 10.7. The molecule has 4 N–H and O–H groups in total. The fraction of sp³-hybridized carbons (Fsp3) is 0.500. The number of primary amides is 1. The van der Waals surface area contributed by atoms with Crippen molar-refractivity contribution in [1.29, 1.82) is 0 Å². The average molecular weight is 253 g/mol. The second kappa shape index (κ2) is 6.80. The van der Waals surface area contributed by atoms with Crippen LogP contribution in [-0.4, -0.2) is 30.7 Å². The molecule has 0 aliphatic carbocycles. The van der Waals surface area contributed by atoms with Crippen molar-refractivity contribution in [2.75, 3.05) is 25.6 Å². The average Bonchev–Trinajstić information content (AvgIpc) is 2.29. The molecule has 18 heavy (non-hydrogen) atoms. The third kappa shape index (κ3) is 4.58. The molecule has 1 aromatic heterocycles. The molecule has 0 aliphatic rings. The Balaban J connectivity index is 2.49. The molecule has 6 nitrogen and oxygen atoms in total. The van der Waals surface area contributed by atoms with E-state index in [0.29, 0.717) is 31.4 Å². The Morgan fingerprint density at radius 2 is 2.17 bits per heavy atom. The Kier molecular flexibility index (Phi) is 5.38. The number of carbonyl (C=O) groups excluding carboxylic acids is 1. The van der Waals surface area contributed by atoms with E-state index in [2.05, 4.69) is 18.8 Å². The van der Waals surface area contributed by atoms with Gasteiger partial charge in [-0.2, -0.15) is 0 Å². The highest BCUT2D eigenvalue weighted by Gasteiger charge is 2.11. The molecule has 0 aromatic carbocycles. The predicted octanol–water partition coefficient (Wildman–Crippen LogP) is 0.814. The molecule has 1 aromatic rings. The molecule has 0 unspecified atom stereocenters. The number of hydrogen-bond acceptors (Lipinski definition) is 5. The summed E-state index contributed by atoms with van der Waals surface area (Å²) in [6.45, 7) is 5.54. The summed E-state index contributed by atoms with van der Waals surface area (Å²) in [4.78, 5) is 15.1. The van der Waals surface area contributed by atoms with Gasteiger partial charge in [-0.25, -0.2) is 4.98 Å². The van der Waals surface area contributed by atoms with Crippen LogP contribution in [0.2, 0.25) is 0 Å². The monoisotopic (exact) mass is 253 g/mol. The molecule has 100 valence electrons. The fourth-order valence-corrected chi connectivity index (χ4v) is 1.28. The summed E-state index contributed by atoms with van der Waals surface area (Å²) in [5.74, 6) is 0.0403. The molecule has 0 bridgehead atoms. The van der Waals surface area contributed by atoms with Crippen LogP contribution in [0.15, 0.2) is 12.3 Å². The highest BCUT2D eigenvalue weighted by Crippen LogP contribution is 2.17. The van der Waals surface area contributed by atoms with Gasteiger partial charge in [0.05, 0.1) is 18.5 Å². The highest BCUT2D eigenvalue weighted by molar-refractivity contribution is 5.95. The zero-order valence-electron chi connectivity index (χ0n) is 10.7. The first-order valence-electron chi connectivity index (χ1n) is 5.76. The van der Waals surface area contributed by atoms with Crippen molar-refractivity contribution in [2.45, 2.75) is 13.8 Å². The van der Waals surface area contributed by atoms with E-state index in [0.717, 1.165) is 0 Å². The Bertz CT molecular complexity index is 408. The lowest BCUT2D eigenvalue weighted by Gasteiger charge is -2.10. The van der Waals surface area contributed by atoms with Crippen LogP contribution < -0.4 is 16.2 Å². The summed E-state index contributed by atoms with van der Waals surface area (Å²) in [5.41, 5.74) is 11.3. The quantitative estimate of drug-likeness (QED) is 0.700. The Morgan fingerprint density at radius 1 is 1.44 bits per heavy atom. The molecule has 1 rings (SSSR count). The molecule has 0 atom stereocenters. The van der Waals surface area contributed by atoms with Crippen LogP contribution in [0.1, 0.15) is 24.2 Å². The van der Waals surface area contributed by atoms with E-state index in [-0.39, 0.29) is 11.4 Å². The molecule has 0 aliphatic heterocycles. The second-order valence-electron chi connectivity index (χ2n) is 4.30. The lowest BCUT2D eigenvalue weighted by atomic mass is 10.2. The van der Waals surface area contributed by atoms with Crippen LogP contribution in [0.25, 0.3) is 0 Å². The van der Waals surface area contributed by atoms with Crippen LogP contribution in [-0.2, 0) is 4.74 Å². The van der Waals surface area contributed by atoms with E-state index in [1.54, 1.807) is 0 Å². The zero-order valence-corrected chi connectivity index (χ0v) is 10.7. The molecule has 1 heterocycles. The maximum absolute atomic E-state index is 11.2. The maximum atomic E-state index is 11.2. The van der Waals surface area contributed by atoms with Crippen LogP contribution >= 0.6 is 0 Å². The van der Waals surface area contributed by atoms with Gasteiger partial charge in [0.2, 0.25) is 5.88 Å². The van der Waals surface area contributed by atoms with E-state index in [9.17, 15) is 4.79 Å². The first-order valence-corrected chi connectivity index (χ1v) is 5.76. The van der Waals surface area contributed by atoms with E-state index < -0.39 is 5.91 Å². The SMILES string of the molecule is CC(C)COCCOc1ncc(N)cc1C(N)=O. The minimum atomic E-state index is -0.618.